The number of hydrogen-bond donors (Lipinski definition) is 3. The maximum atomic E-state index is 12.3. The highest BCUT2D eigenvalue weighted by molar-refractivity contribution is 7.22. The summed E-state index contributed by atoms with van der Waals surface area (Å²) in [7, 11) is 0. The van der Waals surface area contributed by atoms with E-state index in [1.165, 1.54) is 11.3 Å². The highest BCUT2D eigenvalue weighted by Crippen LogP contribution is 2.27. The number of nitrogens with zero attached hydrogens (tertiary/aromatic N) is 1. The number of nitrogens with one attached hydrogen (secondary N) is 2. The second-order valence-corrected chi connectivity index (χ2v) is 5.74. The van der Waals surface area contributed by atoms with E-state index in [4.69, 9.17) is 17.4 Å². The van der Waals surface area contributed by atoms with Crippen molar-refractivity contribution in [3.8, 4) is 0 Å². The number of para-hydroxylation sites is 1. The third-order valence-corrected chi connectivity index (χ3v) is 4.08. The molecule has 1 heterocycles. The van der Waals surface area contributed by atoms with E-state index in [0.717, 1.165) is 10.2 Å². The molecule has 0 aliphatic heterocycles. The second-order valence-electron chi connectivity index (χ2n) is 4.28. The molecule has 106 valence electrons. The molecular weight excluding hydrogens is 308 g/mol. The lowest BCUT2D eigenvalue weighted by Gasteiger charge is -2.08. The molecule has 0 bridgehead atoms. The first-order valence-electron chi connectivity index (χ1n) is 6.10. The quantitative estimate of drug-likeness (QED) is 0.510. The molecule has 0 aliphatic carbocycles. The molecular formula is C14H11ClN4OS. The van der Waals surface area contributed by atoms with E-state index >= 15 is 0 Å². The molecule has 1 aromatic heterocycles. The minimum atomic E-state index is -0.315. The van der Waals surface area contributed by atoms with E-state index in [-0.39, 0.29) is 5.91 Å². The number of thiazole rings is 1. The number of nitrogen functional groups attached to an aromatic ring is 1. The zero-order valence-electron chi connectivity index (χ0n) is 10.8. The summed E-state index contributed by atoms with van der Waals surface area (Å²) < 4.78 is 1.01. The number of halogens is 1. The fourth-order valence-electron chi connectivity index (χ4n) is 1.92. The fraction of sp³-hybridized carbons (Fsp3) is 0. The molecule has 21 heavy (non-hydrogen) atoms. The maximum absolute atomic E-state index is 12.3. The largest absolute Gasteiger partial charge is 0.323 e. The van der Waals surface area contributed by atoms with Crippen molar-refractivity contribution in [3.05, 3.63) is 53.1 Å². The Morgan fingerprint density at radius 2 is 2.05 bits per heavy atom. The van der Waals surface area contributed by atoms with Gasteiger partial charge in [0.25, 0.3) is 5.91 Å². The van der Waals surface area contributed by atoms with Crippen LogP contribution in [0.3, 0.4) is 0 Å². The van der Waals surface area contributed by atoms with Crippen LogP contribution in [0.2, 0.25) is 5.02 Å². The lowest BCUT2D eigenvalue weighted by Crippen LogP contribution is -2.17. The van der Waals surface area contributed by atoms with Crippen molar-refractivity contribution in [2.75, 3.05) is 10.7 Å². The van der Waals surface area contributed by atoms with E-state index in [0.29, 0.717) is 21.4 Å². The summed E-state index contributed by atoms with van der Waals surface area (Å²) in [5.74, 6) is 5.09. The van der Waals surface area contributed by atoms with Gasteiger partial charge < -0.3 is 5.43 Å². The normalized spacial score (nSPS) is 10.6. The van der Waals surface area contributed by atoms with E-state index in [1.54, 1.807) is 18.2 Å². The number of carbonyl (C=O) groups excluding carboxylic acids is 1. The summed E-state index contributed by atoms with van der Waals surface area (Å²) in [5.41, 5.74) is 4.19. The predicted molar refractivity (Wildman–Crippen MR) is 86.8 cm³/mol. The van der Waals surface area contributed by atoms with E-state index in [9.17, 15) is 4.79 Å². The Balaban J connectivity index is 1.90. The highest BCUT2D eigenvalue weighted by Gasteiger charge is 2.14. The second kappa shape index (κ2) is 5.69. The van der Waals surface area contributed by atoms with Gasteiger partial charge in [-0.1, -0.05) is 35.1 Å². The Bertz CT molecular complexity index is 785. The van der Waals surface area contributed by atoms with Crippen molar-refractivity contribution < 1.29 is 4.79 Å². The van der Waals surface area contributed by atoms with Gasteiger partial charge in [-0.25, -0.2) is 4.98 Å². The lowest BCUT2D eigenvalue weighted by atomic mass is 10.1. The van der Waals surface area contributed by atoms with Crippen LogP contribution in [0, 0.1) is 0 Å². The van der Waals surface area contributed by atoms with Gasteiger partial charge in [0.05, 0.1) is 21.5 Å². The van der Waals surface area contributed by atoms with Crippen LogP contribution in [-0.2, 0) is 0 Å². The van der Waals surface area contributed by atoms with E-state index < -0.39 is 0 Å². The number of hydrazine groups is 1. The summed E-state index contributed by atoms with van der Waals surface area (Å²) in [4.78, 5) is 16.7. The van der Waals surface area contributed by atoms with Gasteiger partial charge in [-0.15, -0.1) is 0 Å². The summed E-state index contributed by atoms with van der Waals surface area (Å²) in [6.07, 6.45) is 0. The number of aromatic nitrogens is 1. The minimum absolute atomic E-state index is 0.315. The Morgan fingerprint density at radius 1 is 1.24 bits per heavy atom. The summed E-state index contributed by atoms with van der Waals surface area (Å²) in [6, 6.07) is 12.5. The van der Waals surface area contributed by atoms with Crippen molar-refractivity contribution in [1.29, 1.82) is 0 Å². The molecule has 7 heteroatoms. The number of hydrogen-bond acceptors (Lipinski definition) is 5. The van der Waals surface area contributed by atoms with Gasteiger partial charge in [0.2, 0.25) is 0 Å². The molecule has 0 spiro atoms. The molecule has 0 fully saturated rings. The Morgan fingerprint density at radius 3 is 2.81 bits per heavy atom. The van der Waals surface area contributed by atoms with Gasteiger partial charge in [0.15, 0.2) is 5.13 Å². The summed E-state index contributed by atoms with van der Waals surface area (Å²) >= 11 is 7.33. The predicted octanol–water partition coefficient (Wildman–Crippen LogP) is 3.49. The van der Waals surface area contributed by atoms with Crippen LogP contribution in [0.25, 0.3) is 10.2 Å². The molecule has 5 nitrogen and oxygen atoms in total. The number of fused-ring (bicyclic) bond motifs is 1. The minimum Gasteiger partial charge on any atom is -0.323 e. The van der Waals surface area contributed by atoms with Crippen LogP contribution < -0.4 is 16.6 Å². The molecule has 2 aromatic carbocycles. The molecule has 1 amide bonds. The topological polar surface area (TPSA) is 80.0 Å². The van der Waals surface area contributed by atoms with Crippen LogP contribution in [0.5, 0.6) is 0 Å². The molecule has 0 saturated carbocycles. The van der Waals surface area contributed by atoms with Gasteiger partial charge in [-0.2, -0.15) is 0 Å². The first kappa shape index (κ1) is 13.8. The molecule has 0 radical (unpaired) electrons. The van der Waals surface area contributed by atoms with Crippen LogP contribution >= 0.6 is 22.9 Å². The fourth-order valence-corrected chi connectivity index (χ4v) is 2.95. The molecule has 0 saturated heterocycles. The monoisotopic (exact) mass is 318 g/mol. The Kier molecular flexibility index (Phi) is 3.74. The zero-order chi connectivity index (χ0) is 14.8. The number of amides is 1. The van der Waals surface area contributed by atoms with Gasteiger partial charge in [0.1, 0.15) is 0 Å². The van der Waals surface area contributed by atoms with Crippen molar-refractivity contribution in [3.63, 3.8) is 0 Å². The molecule has 4 N–H and O–H groups in total. The number of nitrogens with two attached hydrogens (primary N) is 1. The van der Waals surface area contributed by atoms with Gasteiger partial charge in [-0.05, 0) is 30.3 Å². The Labute approximate surface area is 129 Å². The SMILES string of the molecule is NNc1ccc(Cl)cc1C(=O)Nc1nc2ccccc2s1. The van der Waals surface area contributed by atoms with Gasteiger partial charge in [-0.3, -0.25) is 16.0 Å². The smallest absolute Gasteiger partial charge is 0.259 e. The first-order chi connectivity index (χ1) is 10.2. The van der Waals surface area contributed by atoms with Crippen molar-refractivity contribution in [1.82, 2.24) is 4.98 Å². The van der Waals surface area contributed by atoms with Crippen molar-refractivity contribution in [2.24, 2.45) is 5.84 Å². The number of anilines is 2. The lowest BCUT2D eigenvalue weighted by molar-refractivity contribution is 0.102. The highest BCUT2D eigenvalue weighted by atomic mass is 35.5. The van der Waals surface area contributed by atoms with Gasteiger partial charge >= 0.3 is 0 Å². The zero-order valence-corrected chi connectivity index (χ0v) is 12.3. The van der Waals surface area contributed by atoms with Gasteiger partial charge in [0, 0.05) is 5.02 Å². The molecule has 3 aromatic rings. The number of benzene rings is 2. The third kappa shape index (κ3) is 2.82. The molecule has 0 unspecified atom stereocenters. The number of rotatable bonds is 3. The molecule has 3 rings (SSSR count). The molecule has 0 aliphatic rings. The van der Waals surface area contributed by atoms with Crippen LogP contribution in [0.1, 0.15) is 10.4 Å². The van der Waals surface area contributed by atoms with Crippen LogP contribution in [-0.4, -0.2) is 10.9 Å². The average Bonchev–Trinajstić information content (AvgIpc) is 2.89. The van der Waals surface area contributed by atoms with E-state index in [2.05, 4.69) is 15.7 Å². The summed E-state index contributed by atoms with van der Waals surface area (Å²) in [5, 5.41) is 3.76. The molecule has 0 atom stereocenters. The average molecular weight is 319 g/mol. The van der Waals surface area contributed by atoms with Crippen LogP contribution in [0.4, 0.5) is 10.8 Å². The standard InChI is InChI=1S/C14H11ClN4OS/c15-8-5-6-10(19-16)9(7-8)13(20)18-14-17-11-3-1-2-4-12(11)21-14/h1-7,19H,16H2,(H,17,18,20). The first-order valence-corrected chi connectivity index (χ1v) is 7.30. The van der Waals surface area contributed by atoms with E-state index in [1.807, 2.05) is 24.3 Å². The summed E-state index contributed by atoms with van der Waals surface area (Å²) in [6.45, 7) is 0. The maximum Gasteiger partial charge on any atom is 0.259 e. The van der Waals surface area contributed by atoms with Crippen molar-refractivity contribution >= 4 is 49.9 Å². The Hall–Kier alpha value is -2.15. The number of carbonyl (C=O) groups is 1. The van der Waals surface area contributed by atoms with Crippen molar-refractivity contribution in [2.45, 2.75) is 0 Å². The van der Waals surface area contributed by atoms with Crippen LogP contribution in [0.15, 0.2) is 42.5 Å². The third-order valence-electron chi connectivity index (χ3n) is 2.90.